The van der Waals surface area contributed by atoms with Crippen molar-refractivity contribution in [1.29, 1.82) is 0 Å². The summed E-state index contributed by atoms with van der Waals surface area (Å²) in [6.07, 6.45) is 4.62. The summed E-state index contributed by atoms with van der Waals surface area (Å²) in [5, 5.41) is 9.28. The number of imide groups is 1. The van der Waals surface area contributed by atoms with Crippen LogP contribution in [-0.4, -0.2) is 16.9 Å². The van der Waals surface area contributed by atoms with Gasteiger partial charge in [-0.3, -0.25) is 14.5 Å². The molecule has 0 bridgehead atoms. The molecule has 3 rings (SSSR count). The van der Waals surface area contributed by atoms with Gasteiger partial charge in [-0.1, -0.05) is 19.1 Å². The Morgan fingerprint density at radius 1 is 1.16 bits per heavy atom. The van der Waals surface area contributed by atoms with Gasteiger partial charge in [0.25, 0.3) is 0 Å². The van der Waals surface area contributed by atoms with Gasteiger partial charge in [-0.2, -0.15) is 0 Å². The predicted octanol–water partition coefficient (Wildman–Crippen LogP) is 2.09. The first kappa shape index (κ1) is 12.0. The highest BCUT2D eigenvalue weighted by Crippen LogP contribution is 2.40. The van der Waals surface area contributed by atoms with Crippen LogP contribution in [0.3, 0.4) is 0 Å². The van der Waals surface area contributed by atoms with Crippen LogP contribution in [0.25, 0.3) is 0 Å². The minimum absolute atomic E-state index is 0.0947. The molecule has 1 fully saturated rings. The molecule has 2 aliphatic rings. The van der Waals surface area contributed by atoms with Gasteiger partial charge >= 0.3 is 0 Å². The van der Waals surface area contributed by atoms with Gasteiger partial charge in [0.15, 0.2) is 0 Å². The lowest BCUT2D eigenvalue weighted by atomic mass is 9.78. The standard InChI is InChI=1S/C15H15NO3/c1-9-3-2-4-12-13(9)15(19)16(14(12)18)10-5-7-11(17)8-6-10/h2-3,5-9,12-13,17H,4H2,1H3/t9-,12+,13+/m1/s1. The van der Waals surface area contributed by atoms with Gasteiger partial charge < -0.3 is 5.11 Å². The van der Waals surface area contributed by atoms with Crippen molar-refractivity contribution in [2.24, 2.45) is 17.8 Å². The molecule has 1 N–H and O–H groups in total. The number of nitrogens with zero attached hydrogens (tertiary/aromatic N) is 1. The molecule has 0 spiro atoms. The maximum Gasteiger partial charge on any atom is 0.238 e. The maximum absolute atomic E-state index is 12.5. The van der Waals surface area contributed by atoms with E-state index in [-0.39, 0.29) is 35.3 Å². The van der Waals surface area contributed by atoms with E-state index < -0.39 is 0 Å². The number of aromatic hydroxyl groups is 1. The molecule has 1 aliphatic carbocycles. The van der Waals surface area contributed by atoms with Gasteiger partial charge in [0.1, 0.15) is 5.75 Å². The summed E-state index contributed by atoms with van der Waals surface area (Å²) >= 11 is 0. The summed E-state index contributed by atoms with van der Waals surface area (Å²) < 4.78 is 0. The Morgan fingerprint density at radius 3 is 2.47 bits per heavy atom. The molecule has 2 amide bonds. The molecule has 1 aromatic carbocycles. The van der Waals surface area contributed by atoms with E-state index in [4.69, 9.17) is 0 Å². The van der Waals surface area contributed by atoms with Crippen LogP contribution in [0, 0.1) is 17.8 Å². The number of allylic oxidation sites excluding steroid dienone is 2. The number of rotatable bonds is 1. The molecule has 1 heterocycles. The van der Waals surface area contributed by atoms with Crippen LogP contribution in [0.15, 0.2) is 36.4 Å². The monoisotopic (exact) mass is 257 g/mol. The number of hydrogen-bond acceptors (Lipinski definition) is 3. The van der Waals surface area contributed by atoms with Gasteiger partial charge in [-0.25, -0.2) is 0 Å². The predicted molar refractivity (Wildman–Crippen MR) is 70.5 cm³/mol. The second-order valence-electron chi connectivity index (χ2n) is 5.18. The molecule has 0 radical (unpaired) electrons. The van der Waals surface area contributed by atoms with E-state index in [1.54, 1.807) is 12.1 Å². The Hall–Kier alpha value is -2.10. The molecule has 1 aliphatic heterocycles. The molecule has 0 saturated carbocycles. The largest absolute Gasteiger partial charge is 0.508 e. The first-order valence-corrected chi connectivity index (χ1v) is 6.43. The summed E-state index contributed by atoms with van der Waals surface area (Å²) in [7, 11) is 0. The fraction of sp³-hybridized carbons (Fsp3) is 0.333. The molecular weight excluding hydrogens is 242 g/mol. The number of carbonyl (C=O) groups is 2. The van der Waals surface area contributed by atoms with Crippen LogP contribution in [0.5, 0.6) is 5.75 Å². The SMILES string of the molecule is C[C@@H]1C=CC[C@@H]2C(=O)N(c3ccc(O)cc3)C(=O)[C@@H]12. The third-order valence-electron chi connectivity index (χ3n) is 3.98. The third-order valence-corrected chi connectivity index (χ3v) is 3.98. The number of amides is 2. The summed E-state index contributed by atoms with van der Waals surface area (Å²) in [6, 6.07) is 6.17. The number of anilines is 1. The van der Waals surface area contributed by atoms with Gasteiger partial charge in [-0.15, -0.1) is 0 Å². The Labute approximate surface area is 111 Å². The zero-order chi connectivity index (χ0) is 13.6. The Kier molecular flexibility index (Phi) is 2.66. The van der Waals surface area contributed by atoms with Crippen LogP contribution < -0.4 is 4.90 Å². The van der Waals surface area contributed by atoms with Crippen LogP contribution in [-0.2, 0) is 9.59 Å². The van der Waals surface area contributed by atoms with Crippen LogP contribution in [0.2, 0.25) is 0 Å². The normalized spacial score (nSPS) is 29.7. The van der Waals surface area contributed by atoms with Gasteiger partial charge in [0, 0.05) is 0 Å². The minimum atomic E-state index is -0.244. The lowest BCUT2D eigenvalue weighted by Crippen LogP contribution is -2.31. The topological polar surface area (TPSA) is 57.6 Å². The van der Waals surface area contributed by atoms with E-state index in [9.17, 15) is 14.7 Å². The second-order valence-corrected chi connectivity index (χ2v) is 5.18. The summed E-state index contributed by atoms with van der Waals surface area (Å²) in [6.45, 7) is 1.97. The van der Waals surface area contributed by atoms with E-state index in [0.29, 0.717) is 12.1 Å². The smallest absolute Gasteiger partial charge is 0.238 e. The molecule has 0 aromatic heterocycles. The summed E-state index contributed by atoms with van der Waals surface area (Å²) in [4.78, 5) is 26.1. The Morgan fingerprint density at radius 2 is 1.84 bits per heavy atom. The molecule has 4 heteroatoms. The van der Waals surface area contributed by atoms with E-state index in [0.717, 1.165) is 0 Å². The van der Waals surface area contributed by atoms with Crippen molar-refractivity contribution in [2.75, 3.05) is 4.90 Å². The Bertz CT molecular complexity index is 561. The van der Waals surface area contributed by atoms with E-state index in [2.05, 4.69) is 0 Å². The van der Waals surface area contributed by atoms with Crippen molar-refractivity contribution in [3.05, 3.63) is 36.4 Å². The number of phenolic OH excluding ortho intramolecular Hbond substituents is 1. The van der Waals surface area contributed by atoms with Gasteiger partial charge in [0.2, 0.25) is 11.8 Å². The molecule has 0 unspecified atom stereocenters. The maximum atomic E-state index is 12.5. The van der Waals surface area contributed by atoms with Crippen LogP contribution in [0.4, 0.5) is 5.69 Å². The fourth-order valence-corrected chi connectivity index (χ4v) is 3.00. The van der Waals surface area contributed by atoms with E-state index in [1.165, 1.54) is 17.0 Å². The number of carbonyl (C=O) groups excluding carboxylic acids is 2. The van der Waals surface area contributed by atoms with Crippen molar-refractivity contribution in [3.8, 4) is 5.75 Å². The highest BCUT2D eigenvalue weighted by molar-refractivity contribution is 6.22. The molecule has 1 saturated heterocycles. The van der Waals surface area contributed by atoms with Crippen molar-refractivity contribution >= 4 is 17.5 Å². The number of fused-ring (bicyclic) bond motifs is 1. The van der Waals surface area contributed by atoms with Gasteiger partial charge in [-0.05, 0) is 36.6 Å². The molecule has 4 nitrogen and oxygen atoms in total. The molecule has 1 aromatic rings. The minimum Gasteiger partial charge on any atom is -0.508 e. The molecule has 19 heavy (non-hydrogen) atoms. The highest BCUT2D eigenvalue weighted by atomic mass is 16.3. The fourth-order valence-electron chi connectivity index (χ4n) is 3.00. The van der Waals surface area contributed by atoms with Crippen LogP contribution >= 0.6 is 0 Å². The first-order valence-electron chi connectivity index (χ1n) is 6.43. The summed E-state index contributed by atoms with van der Waals surface area (Å²) in [5.74, 6) is -0.519. The zero-order valence-corrected chi connectivity index (χ0v) is 10.6. The Balaban J connectivity index is 1.98. The first-order chi connectivity index (χ1) is 9.09. The third kappa shape index (κ3) is 1.75. The van der Waals surface area contributed by atoms with Crippen molar-refractivity contribution in [2.45, 2.75) is 13.3 Å². The van der Waals surface area contributed by atoms with Gasteiger partial charge in [0.05, 0.1) is 17.5 Å². The quantitative estimate of drug-likeness (QED) is 0.619. The molecular formula is C15H15NO3. The lowest BCUT2D eigenvalue weighted by molar-refractivity contribution is -0.122. The van der Waals surface area contributed by atoms with E-state index in [1.807, 2.05) is 19.1 Å². The number of phenols is 1. The van der Waals surface area contributed by atoms with Crippen molar-refractivity contribution < 1.29 is 14.7 Å². The average Bonchev–Trinajstić information content (AvgIpc) is 2.65. The molecule has 98 valence electrons. The lowest BCUT2D eigenvalue weighted by Gasteiger charge is -2.22. The number of benzene rings is 1. The summed E-state index contributed by atoms with van der Waals surface area (Å²) in [5.41, 5.74) is 0.536. The van der Waals surface area contributed by atoms with Crippen molar-refractivity contribution in [1.82, 2.24) is 0 Å². The average molecular weight is 257 g/mol. The van der Waals surface area contributed by atoms with E-state index >= 15 is 0 Å². The van der Waals surface area contributed by atoms with Crippen molar-refractivity contribution in [3.63, 3.8) is 0 Å². The number of hydrogen-bond donors (Lipinski definition) is 1. The van der Waals surface area contributed by atoms with Crippen LogP contribution in [0.1, 0.15) is 13.3 Å². The second kappa shape index (κ2) is 4.23. The highest BCUT2D eigenvalue weighted by Gasteiger charge is 2.50. The molecule has 3 atom stereocenters. The zero-order valence-electron chi connectivity index (χ0n) is 10.6.